The molecule has 1 aliphatic rings. The monoisotopic (exact) mass is 397 g/mol. The minimum absolute atomic E-state index is 0.443. The first-order valence-electron chi connectivity index (χ1n) is 9.77. The van der Waals surface area contributed by atoms with Crippen LogP contribution >= 0.6 is 23.2 Å². The number of carbonyl (C=O) groups is 1. The van der Waals surface area contributed by atoms with E-state index < -0.39 is 11.3 Å². The molecule has 1 aromatic carbocycles. The molecule has 1 aromatic rings. The van der Waals surface area contributed by atoms with Gasteiger partial charge in [0.25, 0.3) is 0 Å². The second-order valence-electron chi connectivity index (χ2n) is 7.88. The van der Waals surface area contributed by atoms with Crippen molar-refractivity contribution in [3.05, 3.63) is 33.8 Å². The predicted molar refractivity (Wildman–Crippen MR) is 112 cm³/mol. The third kappa shape index (κ3) is 5.90. The lowest BCUT2D eigenvalue weighted by Gasteiger charge is -2.37. The van der Waals surface area contributed by atoms with Gasteiger partial charge in [0.2, 0.25) is 0 Å². The fourth-order valence-electron chi connectivity index (χ4n) is 3.86. The molecular formula is C20H30BCl2NO2. The Morgan fingerprint density at radius 3 is 2.73 bits per heavy atom. The van der Waals surface area contributed by atoms with Crippen molar-refractivity contribution in [3.63, 3.8) is 0 Å². The topological polar surface area (TPSA) is 40.5 Å². The number of nitrogens with zero attached hydrogens (tertiary/aromatic N) is 1. The molecule has 2 unspecified atom stereocenters. The van der Waals surface area contributed by atoms with E-state index in [4.69, 9.17) is 23.2 Å². The normalized spacial score (nSPS) is 20.7. The maximum atomic E-state index is 11.8. The van der Waals surface area contributed by atoms with Gasteiger partial charge in [0, 0.05) is 17.9 Å². The Hall–Kier alpha value is -0.705. The van der Waals surface area contributed by atoms with Crippen molar-refractivity contribution < 1.29 is 9.90 Å². The van der Waals surface area contributed by atoms with Crippen molar-refractivity contribution in [2.45, 2.75) is 76.2 Å². The van der Waals surface area contributed by atoms with Crippen LogP contribution in [0.2, 0.25) is 15.4 Å². The molecule has 0 spiro atoms. The fourth-order valence-corrected chi connectivity index (χ4v) is 4.18. The Labute approximate surface area is 168 Å². The van der Waals surface area contributed by atoms with E-state index in [2.05, 4.69) is 11.8 Å². The molecule has 1 fully saturated rings. The maximum absolute atomic E-state index is 11.8. The van der Waals surface area contributed by atoms with E-state index >= 15 is 0 Å². The first-order valence-corrected chi connectivity index (χ1v) is 10.5. The fraction of sp³-hybridized carbons (Fsp3) is 0.650. The molecule has 0 saturated carbocycles. The summed E-state index contributed by atoms with van der Waals surface area (Å²) in [6.45, 7) is 4.02. The Balaban J connectivity index is 2.01. The van der Waals surface area contributed by atoms with Gasteiger partial charge in [-0.1, -0.05) is 55.5 Å². The van der Waals surface area contributed by atoms with Crippen molar-refractivity contribution in [3.8, 4) is 0 Å². The molecule has 0 aromatic heterocycles. The number of hydrogen-bond acceptors (Lipinski definition) is 2. The third-order valence-corrected chi connectivity index (χ3v) is 6.49. The molecule has 6 heteroatoms. The van der Waals surface area contributed by atoms with E-state index in [9.17, 15) is 9.90 Å². The number of likely N-dealkylation sites (tertiary alicyclic amines) is 1. The molecule has 2 atom stereocenters. The molecule has 1 heterocycles. The lowest BCUT2D eigenvalue weighted by atomic mass is 9.62. The lowest BCUT2D eigenvalue weighted by molar-refractivity contribution is -0.141. The van der Waals surface area contributed by atoms with Crippen LogP contribution in [0.1, 0.15) is 63.9 Å². The molecule has 144 valence electrons. The number of unbranched alkanes of at least 4 members (excludes halogenated alkanes) is 1. The van der Waals surface area contributed by atoms with Crippen LogP contribution in [0.3, 0.4) is 0 Å². The number of benzene rings is 1. The highest BCUT2D eigenvalue weighted by atomic mass is 35.5. The molecule has 0 aliphatic carbocycles. The van der Waals surface area contributed by atoms with Crippen LogP contribution in [0.5, 0.6) is 0 Å². The molecule has 0 radical (unpaired) electrons. The smallest absolute Gasteiger partial charge is 0.301 e. The van der Waals surface area contributed by atoms with E-state index in [1.165, 1.54) is 18.4 Å². The van der Waals surface area contributed by atoms with Gasteiger partial charge in [-0.15, -0.1) is 0 Å². The van der Waals surface area contributed by atoms with Crippen molar-refractivity contribution in [2.24, 2.45) is 0 Å². The van der Waals surface area contributed by atoms with Crippen LogP contribution in [0.4, 0.5) is 0 Å². The minimum Gasteiger partial charge on any atom is -0.481 e. The zero-order valence-corrected chi connectivity index (χ0v) is 17.5. The van der Waals surface area contributed by atoms with Gasteiger partial charge in [0.05, 0.1) is 10.0 Å². The summed E-state index contributed by atoms with van der Waals surface area (Å²) in [4.78, 5) is 14.3. The summed E-state index contributed by atoms with van der Waals surface area (Å²) in [5.74, 6) is -0.655. The predicted octanol–water partition coefficient (Wildman–Crippen LogP) is 5.19. The van der Waals surface area contributed by atoms with Crippen LogP contribution in [-0.4, -0.2) is 36.4 Å². The summed E-state index contributed by atoms with van der Waals surface area (Å²) in [7, 11) is 1.91. The molecule has 3 nitrogen and oxygen atoms in total. The van der Waals surface area contributed by atoms with Crippen molar-refractivity contribution in [1.29, 1.82) is 0 Å². The quantitative estimate of drug-likeness (QED) is 0.582. The Morgan fingerprint density at radius 2 is 2.08 bits per heavy atom. The zero-order valence-electron chi connectivity index (χ0n) is 15.9. The first-order chi connectivity index (χ1) is 12.4. The largest absolute Gasteiger partial charge is 0.481 e. The van der Waals surface area contributed by atoms with Crippen LogP contribution in [0, 0.1) is 0 Å². The van der Waals surface area contributed by atoms with E-state index in [1.54, 1.807) is 0 Å². The Bertz CT molecular complexity index is 613. The van der Waals surface area contributed by atoms with E-state index in [0.29, 0.717) is 16.1 Å². The standard InChI is InChI=1S/C20H30BCl2NO2/c1-2-3-10-20(21,19(25)26)11-9-16-6-4-5-12-24(16)14-15-7-8-17(22)18(23)13-15/h7-8,13,16H,2-6,9-12,14,21H2,1H3,(H,25,26). The van der Waals surface area contributed by atoms with Gasteiger partial charge in [-0.25, -0.2) is 0 Å². The minimum atomic E-state index is -0.655. The summed E-state index contributed by atoms with van der Waals surface area (Å²) in [6, 6.07) is 6.27. The molecule has 1 N–H and O–H groups in total. The second-order valence-corrected chi connectivity index (χ2v) is 8.69. The number of carboxylic acids is 1. The SMILES string of the molecule is BC(CCCC)(CCC1CCCCN1Cc1ccc(Cl)c(Cl)c1)C(=O)O. The average molecular weight is 398 g/mol. The van der Waals surface area contributed by atoms with E-state index in [1.807, 2.05) is 26.0 Å². The molecule has 1 aliphatic heterocycles. The summed E-state index contributed by atoms with van der Waals surface area (Å²) in [5, 5.41) is 10.3. The van der Waals surface area contributed by atoms with Crippen LogP contribution in [0.25, 0.3) is 0 Å². The number of aliphatic carboxylic acids is 1. The van der Waals surface area contributed by atoms with Crippen LogP contribution in [0.15, 0.2) is 18.2 Å². The van der Waals surface area contributed by atoms with Gasteiger partial charge >= 0.3 is 5.97 Å². The van der Waals surface area contributed by atoms with Crippen LogP contribution < -0.4 is 0 Å². The summed E-state index contributed by atoms with van der Waals surface area (Å²) >= 11 is 12.2. The molecule has 1 saturated heterocycles. The number of rotatable bonds is 9. The highest BCUT2D eigenvalue weighted by molar-refractivity contribution is 6.42. The Morgan fingerprint density at radius 1 is 1.31 bits per heavy atom. The van der Waals surface area contributed by atoms with Gasteiger partial charge in [-0.05, 0) is 56.3 Å². The van der Waals surface area contributed by atoms with Gasteiger partial charge in [0.1, 0.15) is 7.85 Å². The van der Waals surface area contributed by atoms with Gasteiger partial charge in [-0.2, -0.15) is 0 Å². The van der Waals surface area contributed by atoms with Crippen molar-refractivity contribution >= 4 is 37.0 Å². The maximum Gasteiger partial charge on any atom is 0.301 e. The zero-order chi connectivity index (χ0) is 19.2. The molecule has 26 heavy (non-hydrogen) atoms. The first kappa shape index (κ1) is 21.6. The van der Waals surface area contributed by atoms with Crippen molar-refractivity contribution in [1.82, 2.24) is 4.90 Å². The van der Waals surface area contributed by atoms with Crippen LogP contribution in [-0.2, 0) is 11.3 Å². The summed E-state index contributed by atoms with van der Waals surface area (Å²) in [6.07, 6.45) is 8.02. The second kappa shape index (κ2) is 10.0. The molecule has 0 amide bonds. The van der Waals surface area contributed by atoms with Crippen molar-refractivity contribution in [2.75, 3.05) is 6.54 Å². The number of hydrogen-bond donors (Lipinski definition) is 1. The highest BCUT2D eigenvalue weighted by Crippen LogP contribution is 2.37. The van der Waals surface area contributed by atoms with Gasteiger partial charge < -0.3 is 5.11 Å². The number of piperidine rings is 1. The highest BCUT2D eigenvalue weighted by Gasteiger charge is 2.34. The molecule has 2 rings (SSSR count). The summed E-state index contributed by atoms with van der Waals surface area (Å²) < 4.78 is 0. The lowest BCUT2D eigenvalue weighted by Crippen LogP contribution is -2.40. The average Bonchev–Trinajstić information content (AvgIpc) is 2.62. The Kier molecular flexibility index (Phi) is 8.31. The van der Waals surface area contributed by atoms with Gasteiger partial charge in [-0.3, -0.25) is 9.69 Å². The number of halogens is 2. The van der Waals surface area contributed by atoms with Gasteiger partial charge in [0.15, 0.2) is 0 Å². The van der Waals surface area contributed by atoms with E-state index in [-0.39, 0.29) is 0 Å². The van der Waals surface area contributed by atoms with E-state index in [0.717, 1.165) is 51.6 Å². The molecular weight excluding hydrogens is 368 g/mol. The molecule has 0 bridgehead atoms. The third-order valence-electron chi connectivity index (χ3n) is 5.75. The summed E-state index contributed by atoms with van der Waals surface area (Å²) in [5.41, 5.74) is 1.17. The number of carboxylic acid groups (broad SMARTS) is 1.